The molecule has 0 amide bonds. The quantitative estimate of drug-likeness (QED) is 0.448. The van der Waals surface area contributed by atoms with Gasteiger partial charge in [-0.3, -0.25) is 4.79 Å². The van der Waals surface area contributed by atoms with E-state index in [0.29, 0.717) is 16.9 Å². The fourth-order valence-electron chi connectivity index (χ4n) is 1.89. The van der Waals surface area contributed by atoms with Crippen LogP contribution in [0.25, 0.3) is 0 Å². The lowest BCUT2D eigenvalue weighted by Crippen LogP contribution is -2.25. The smallest absolute Gasteiger partial charge is 0.219 e. The average Bonchev–Trinajstić information content (AvgIpc) is 2.73. The zero-order valence-corrected chi connectivity index (χ0v) is 11.0. The molecule has 1 N–H and O–H groups in total. The highest BCUT2D eigenvalue weighted by atomic mass is 32.2. The number of rotatable bonds is 6. The van der Waals surface area contributed by atoms with E-state index in [1.54, 1.807) is 25.3 Å². The second kappa shape index (κ2) is 7.48. The first-order valence-electron chi connectivity index (χ1n) is 5.66. The first-order valence-corrected chi connectivity index (χ1v) is 6.53. The second-order valence-electron chi connectivity index (χ2n) is 3.92. The number of nitrogens with one attached hydrogen (secondary N) is 1. The van der Waals surface area contributed by atoms with Crippen molar-refractivity contribution in [3.8, 4) is 0 Å². The summed E-state index contributed by atoms with van der Waals surface area (Å²) in [5.74, 6) is 0. The van der Waals surface area contributed by atoms with Crippen molar-refractivity contribution < 1.29 is 9.63 Å². The van der Waals surface area contributed by atoms with E-state index in [4.69, 9.17) is 4.84 Å². The molecule has 4 heteroatoms. The van der Waals surface area contributed by atoms with Gasteiger partial charge in [0, 0.05) is 16.9 Å². The molecule has 0 bridgehead atoms. The Bertz CT molecular complexity index is 325. The van der Waals surface area contributed by atoms with E-state index in [-0.39, 0.29) is 5.12 Å². The fourth-order valence-corrected chi connectivity index (χ4v) is 3.06. The summed E-state index contributed by atoms with van der Waals surface area (Å²) >= 11 is 1.39. The third kappa shape index (κ3) is 4.50. The van der Waals surface area contributed by atoms with Gasteiger partial charge in [-0.2, -0.15) is 5.48 Å². The Morgan fingerprint density at radius 1 is 1.47 bits per heavy atom. The molecule has 1 aliphatic rings. The van der Waals surface area contributed by atoms with Crippen molar-refractivity contribution in [1.82, 2.24) is 5.48 Å². The Balaban J connectivity index is 2.45. The van der Waals surface area contributed by atoms with Gasteiger partial charge in [0.15, 0.2) is 0 Å². The van der Waals surface area contributed by atoms with Gasteiger partial charge in [0.1, 0.15) is 0 Å². The zero-order chi connectivity index (χ0) is 12.7. The highest BCUT2D eigenvalue weighted by molar-refractivity contribution is 8.14. The fraction of sp³-hybridized carbons (Fsp3) is 0.462. The molecular weight excluding hydrogens is 234 g/mol. The van der Waals surface area contributed by atoms with Crippen LogP contribution in [0.3, 0.4) is 0 Å². The van der Waals surface area contributed by atoms with Gasteiger partial charge in [-0.15, -0.1) is 0 Å². The van der Waals surface area contributed by atoms with Crippen LogP contribution in [0.1, 0.15) is 19.3 Å². The third-order valence-electron chi connectivity index (χ3n) is 2.70. The summed E-state index contributed by atoms with van der Waals surface area (Å²) in [6.07, 6.45) is 7.94. The van der Waals surface area contributed by atoms with Crippen LogP contribution in [0, 0.1) is 0 Å². The van der Waals surface area contributed by atoms with Crippen molar-refractivity contribution in [2.45, 2.75) is 30.6 Å². The summed E-state index contributed by atoms with van der Waals surface area (Å²) in [5, 5.41) is 0.436. The van der Waals surface area contributed by atoms with Crippen LogP contribution >= 0.6 is 11.8 Å². The minimum Gasteiger partial charge on any atom is -0.305 e. The van der Waals surface area contributed by atoms with E-state index in [1.807, 2.05) is 0 Å². The van der Waals surface area contributed by atoms with Gasteiger partial charge in [0.05, 0.1) is 7.11 Å². The van der Waals surface area contributed by atoms with Crippen molar-refractivity contribution in [3.63, 3.8) is 0 Å². The Morgan fingerprint density at radius 3 is 2.82 bits per heavy atom. The Morgan fingerprint density at radius 2 is 2.24 bits per heavy atom. The third-order valence-corrected chi connectivity index (χ3v) is 3.91. The molecule has 94 valence electrons. The molecule has 0 heterocycles. The van der Waals surface area contributed by atoms with Crippen LogP contribution < -0.4 is 5.48 Å². The minimum atomic E-state index is 0.0722. The van der Waals surface area contributed by atoms with E-state index in [9.17, 15) is 4.79 Å². The number of carbonyl (C=O) groups is 1. The lowest BCUT2D eigenvalue weighted by atomic mass is 10.3. The molecular formula is C13H19NO2S. The first-order chi connectivity index (χ1) is 8.21. The normalized spacial score (nSPS) is 24.6. The van der Waals surface area contributed by atoms with E-state index in [0.717, 1.165) is 19.3 Å². The van der Waals surface area contributed by atoms with Crippen molar-refractivity contribution in [1.29, 1.82) is 0 Å². The molecule has 2 atom stereocenters. The summed E-state index contributed by atoms with van der Waals surface area (Å²) in [6, 6.07) is 0.362. The van der Waals surface area contributed by atoms with Crippen LogP contribution in [-0.4, -0.2) is 23.5 Å². The molecule has 0 radical (unpaired) electrons. The lowest BCUT2D eigenvalue weighted by Gasteiger charge is -2.10. The summed E-state index contributed by atoms with van der Waals surface area (Å²) in [4.78, 5) is 16.8. The molecule has 17 heavy (non-hydrogen) atoms. The number of thioether (sulfide) groups is 1. The number of hydroxylamine groups is 1. The molecule has 0 aromatic heterocycles. The maximum absolute atomic E-state index is 11.9. The van der Waals surface area contributed by atoms with Crippen LogP contribution in [0.5, 0.6) is 0 Å². The van der Waals surface area contributed by atoms with Gasteiger partial charge < -0.3 is 4.84 Å². The first kappa shape index (κ1) is 14.2. The molecule has 1 rings (SSSR count). The number of carbonyl (C=O) groups excluding carboxylic acids is 1. The molecule has 1 aliphatic carbocycles. The van der Waals surface area contributed by atoms with E-state index < -0.39 is 0 Å². The lowest BCUT2D eigenvalue weighted by molar-refractivity contribution is -0.107. The summed E-state index contributed by atoms with van der Waals surface area (Å²) in [6.45, 7) is 7.22. The Kier molecular flexibility index (Phi) is 6.26. The largest absolute Gasteiger partial charge is 0.305 e. The molecule has 0 aromatic rings. The predicted octanol–water partition coefficient (Wildman–Crippen LogP) is 2.62. The van der Waals surface area contributed by atoms with Crippen molar-refractivity contribution >= 4 is 16.9 Å². The van der Waals surface area contributed by atoms with E-state index in [2.05, 4.69) is 18.6 Å². The van der Waals surface area contributed by atoms with Gasteiger partial charge >= 0.3 is 0 Å². The zero-order valence-electron chi connectivity index (χ0n) is 10.1. The van der Waals surface area contributed by atoms with Crippen molar-refractivity contribution in [3.05, 3.63) is 37.0 Å². The molecule has 1 fully saturated rings. The maximum atomic E-state index is 11.9. The molecule has 0 aliphatic heterocycles. The molecule has 0 saturated heterocycles. The molecule has 0 spiro atoms. The van der Waals surface area contributed by atoms with Crippen molar-refractivity contribution in [2.24, 2.45) is 0 Å². The summed E-state index contributed by atoms with van der Waals surface area (Å²) in [5.41, 5.74) is 3.56. The van der Waals surface area contributed by atoms with Crippen LogP contribution in [0.2, 0.25) is 0 Å². The standard InChI is InChI=1S/C13H19NO2S/c1-4-6-10(5-2)13(15)17-12-8-7-11(9-12)14-16-3/h4-6,11-12,14H,1-2,7-9H2,3H3/b10-6+. The van der Waals surface area contributed by atoms with Gasteiger partial charge in [-0.05, 0) is 19.3 Å². The number of hydrogen-bond donors (Lipinski definition) is 1. The number of allylic oxidation sites excluding steroid dienone is 3. The van der Waals surface area contributed by atoms with Gasteiger partial charge in [0.2, 0.25) is 5.12 Å². The van der Waals surface area contributed by atoms with Gasteiger partial charge in [-0.25, -0.2) is 0 Å². The molecule has 3 nitrogen and oxygen atoms in total. The highest BCUT2D eigenvalue weighted by Gasteiger charge is 2.27. The van der Waals surface area contributed by atoms with Crippen LogP contribution in [-0.2, 0) is 9.63 Å². The Labute approximate surface area is 107 Å². The SMILES string of the molecule is C=C/C=C(\C=C)C(=O)SC1CCC(NOC)C1. The van der Waals surface area contributed by atoms with Gasteiger partial charge in [-0.1, -0.05) is 43.1 Å². The topological polar surface area (TPSA) is 38.3 Å². The van der Waals surface area contributed by atoms with Crippen molar-refractivity contribution in [2.75, 3.05) is 7.11 Å². The van der Waals surface area contributed by atoms with Crippen LogP contribution in [0.15, 0.2) is 37.0 Å². The predicted molar refractivity (Wildman–Crippen MR) is 72.6 cm³/mol. The minimum absolute atomic E-state index is 0.0722. The van der Waals surface area contributed by atoms with E-state index >= 15 is 0 Å². The summed E-state index contributed by atoms with van der Waals surface area (Å²) < 4.78 is 0. The van der Waals surface area contributed by atoms with Crippen LogP contribution in [0.4, 0.5) is 0 Å². The second-order valence-corrected chi connectivity index (χ2v) is 5.19. The summed E-state index contributed by atoms with van der Waals surface area (Å²) in [7, 11) is 1.62. The molecule has 0 aromatic carbocycles. The Hall–Kier alpha value is -0.840. The monoisotopic (exact) mass is 253 g/mol. The maximum Gasteiger partial charge on any atom is 0.219 e. The average molecular weight is 253 g/mol. The van der Waals surface area contributed by atoms with E-state index in [1.165, 1.54) is 11.8 Å². The molecule has 2 unspecified atom stereocenters. The number of hydrogen-bond acceptors (Lipinski definition) is 4. The van der Waals surface area contributed by atoms with Gasteiger partial charge in [0.25, 0.3) is 0 Å². The molecule has 1 saturated carbocycles. The highest BCUT2D eigenvalue weighted by Crippen LogP contribution is 2.32.